The highest BCUT2D eigenvalue weighted by molar-refractivity contribution is 5.69. The Hall–Kier alpha value is -0.610. The predicted octanol–water partition coefficient (Wildman–Crippen LogP) is 7.13. The van der Waals surface area contributed by atoms with Gasteiger partial charge in [0, 0.05) is 19.6 Å². The molecule has 4 nitrogen and oxygen atoms in total. The van der Waals surface area contributed by atoms with Crippen molar-refractivity contribution in [2.75, 3.05) is 32.8 Å². The Labute approximate surface area is 194 Å². The van der Waals surface area contributed by atoms with Crippen LogP contribution in [0.4, 0.5) is 0 Å². The van der Waals surface area contributed by atoms with Gasteiger partial charge in [0.25, 0.3) is 0 Å². The molecule has 0 saturated heterocycles. The lowest BCUT2D eigenvalue weighted by atomic mass is 9.95. The van der Waals surface area contributed by atoms with Crippen molar-refractivity contribution in [1.82, 2.24) is 4.90 Å². The summed E-state index contributed by atoms with van der Waals surface area (Å²) in [4.78, 5) is 14.6. The topological polar surface area (TPSA) is 49.8 Å². The van der Waals surface area contributed by atoms with Crippen molar-refractivity contribution in [1.29, 1.82) is 0 Å². The minimum Gasteiger partial charge on any atom is -0.465 e. The number of hydrogen-bond acceptors (Lipinski definition) is 4. The first-order valence-electron chi connectivity index (χ1n) is 13.7. The van der Waals surface area contributed by atoms with Crippen LogP contribution in [0.3, 0.4) is 0 Å². The smallest absolute Gasteiger partial charge is 0.305 e. The van der Waals surface area contributed by atoms with Gasteiger partial charge in [-0.1, -0.05) is 91.4 Å². The standard InChI is InChI=1S/C27H55NO3/c1-4-7-9-10-11-12-13-15-19-26(18-14-8-5-2)25-31-27(30)20-16-22-28(21-6-3)23-17-24-29/h26,29H,4-25H2,1-3H3. The lowest BCUT2D eigenvalue weighted by molar-refractivity contribution is -0.145. The number of aliphatic hydroxyl groups is 1. The van der Waals surface area contributed by atoms with Gasteiger partial charge >= 0.3 is 5.97 Å². The summed E-state index contributed by atoms with van der Waals surface area (Å²) in [5, 5.41) is 9.03. The van der Waals surface area contributed by atoms with Gasteiger partial charge in [-0.15, -0.1) is 0 Å². The molecule has 0 fully saturated rings. The minimum atomic E-state index is -0.0324. The first-order valence-corrected chi connectivity index (χ1v) is 13.7. The van der Waals surface area contributed by atoms with Crippen LogP contribution in [-0.4, -0.2) is 48.8 Å². The fourth-order valence-corrected chi connectivity index (χ4v) is 4.24. The highest BCUT2D eigenvalue weighted by Gasteiger charge is 2.13. The Kier molecular flexibility index (Phi) is 23.6. The molecule has 0 bridgehead atoms. The van der Waals surface area contributed by atoms with Crippen LogP contribution >= 0.6 is 0 Å². The highest BCUT2D eigenvalue weighted by Crippen LogP contribution is 2.19. The second-order valence-corrected chi connectivity index (χ2v) is 9.33. The number of carbonyl (C=O) groups is 1. The molecule has 1 atom stereocenters. The molecule has 1 N–H and O–H groups in total. The van der Waals surface area contributed by atoms with Crippen molar-refractivity contribution in [3.05, 3.63) is 0 Å². The quantitative estimate of drug-likeness (QED) is 0.128. The van der Waals surface area contributed by atoms with Crippen molar-refractivity contribution >= 4 is 5.97 Å². The summed E-state index contributed by atoms with van der Waals surface area (Å²) in [6, 6.07) is 0. The second kappa shape index (κ2) is 24.0. The molecule has 31 heavy (non-hydrogen) atoms. The molecule has 0 aliphatic carbocycles. The number of nitrogens with zero attached hydrogens (tertiary/aromatic N) is 1. The first kappa shape index (κ1) is 30.4. The number of rotatable bonds is 24. The lowest BCUT2D eigenvalue weighted by Crippen LogP contribution is -2.28. The summed E-state index contributed by atoms with van der Waals surface area (Å²) in [6.07, 6.45) is 20.3. The maximum absolute atomic E-state index is 12.3. The normalized spacial score (nSPS) is 12.4. The van der Waals surface area contributed by atoms with Gasteiger partial charge in [0.05, 0.1) is 6.61 Å². The second-order valence-electron chi connectivity index (χ2n) is 9.33. The van der Waals surface area contributed by atoms with E-state index in [0.29, 0.717) is 18.9 Å². The molecular formula is C27H55NO3. The molecule has 0 saturated carbocycles. The zero-order valence-corrected chi connectivity index (χ0v) is 21.3. The van der Waals surface area contributed by atoms with Crippen molar-refractivity contribution in [3.63, 3.8) is 0 Å². The zero-order valence-electron chi connectivity index (χ0n) is 21.3. The molecule has 0 heterocycles. The van der Waals surface area contributed by atoms with Crippen LogP contribution in [0.5, 0.6) is 0 Å². The van der Waals surface area contributed by atoms with E-state index in [1.807, 2.05) is 0 Å². The molecule has 0 spiro atoms. The van der Waals surface area contributed by atoms with Crippen LogP contribution in [0.25, 0.3) is 0 Å². The largest absolute Gasteiger partial charge is 0.465 e. The van der Waals surface area contributed by atoms with Crippen molar-refractivity contribution < 1.29 is 14.6 Å². The Morgan fingerprint density at radius 1 is 0.710 bits per heavy atom. The van der Waals surface area contributed by atoms with Gasteiger partial charge in [0.1, 0.15) is 0 Å². The molecular weight excluding hydrogens is 386 g/mol. The van der Waals surface area contributed by atoms with E-state index in [2.05, 4.69) is 25.7 Å². The van der Waals surface area contributed by atoms with Crippen LogP contribution in [-0.2, 0) is 9.53 Å². The Balaban J connectivity index is 4.05. The third kappa shape index (κ3) is 21.0. The Morgan fingerprint density at radius 3 is 1.87 bits per heavy atom. The Bertz CT molecular complexity index is 375. The maximum Gasteiger partial charge on any atom is 0.305 e. The van der Waals surface area contributed by atoms with E-state index in [9.17, 15) is 4.79 Å². The lowest BCUT2D eigenvalue weighted by Gasteiger charge is -2.21. The average Bonchev–Trinajstić information content (AvgIpc) is 2.77. The number of ether oxygens (including phenoxy) is 1. The monoisotopic (exact) mass is 441 g/mol. The molecule has 0 amide bonds. The van der Waals surface area contributed by atoms with E-state index in [0.717, 1.165) is 38.9 Å². The highest BCUT2D eigenvalue weighted by atomic mass is 16.5. The van der Waals surface area contributed by atoms with Gasteiger partial charge in [0.15, 0.2) is 0 Å². The van der Waals surface area contributed by atoms with E-state index >= 15 is 0 Å². The molecule has 0 aliphatic heterocycles. The molecule has 0 rings (SSSR count). The van der Waals surface area contributed by atoms with Crippen LogP contribution in [0.1, 0.15) is 130 Å². The van der Waals surface area contributed by atoms with Gasteiger partial charge in [-0.25, -0.2) is 0 Å². The van der Waals surface area contributed by atoms with Gasteiger partial charge in [-0.05, 0) is 51.1 Å². The van der Waals surface area contributed by atoms with E-state index in [1.165, 1.54) is 83.5 Å². The molecule has 0 aromatic heterocycles. The van der Waals surface area contributed by atoms with Gasteiger partial charge in [-0.2, -0.15) is 0 Å². The third-order valence-electron chi connectivity index (χ3n) is 6.19. The van der Waals surface area contributed by atoms with Crippen LogP contribution in [0.15, 0.2) is 0 Å². The van der Waals surface area contributed by atoms with Gasteiger partial charge < -0.3 is 14.7 Å². The summed E-state index contributed by atoms with van der Waals surface area (Å²) in [7, 11) is 0. The molecule has 186 valence electrons. The van der Waals surface area contributed by atoms with Gasteiger partial charge in [0.2, 0.25) is 0 Å². The van der Waals surface area contributed by atoms with Crippen LogP contribution < -0.4 is 0 Å². The molecule has 4 heteroatoms. The SMILES string of the molecule is CCCCCCCCCCC(CCCCC)COC(=O)CCCN(CCC)CCCO. The summed E-state index contributed by atoms with van der Waals surface area (Å²) in [6.45, 7) is 10.4. The number of aliphatic hydroxyl groups excluding tert-OH is 1. The number of unbranched alkanes of at least 4 members (excludes halogenated alkanes) is 9. The summed E-state index contributed by atoms with van der Waals surface area (Å²) < 4.78 is 5.68. The fraction of sp³-hybridized carbons (Fsp3) is 0.963. The van der Waals surface area contributed by atoms with E-state index in [4.69, 9.17) is 9.84 Å². The number of hydrogen-bond donors (Lipinski definition) is 1. The van der Waals surface area contributed by atoms with E-state index in [1.54, 1.807) is 0 Å². The summed E-state index contributed by atoms with van der Waals surface area (Å²) in [5.74, 6) is 0.506. The Morgan fingerprint density at radius 2 is 1.26 bits per heavy atom. The van der Waals surface area contributed by atoms with Gasteiger partial charge in [-0.3, -0.25) is 4.79 Å². The van der Waals surface area contributed by atoms with Crippen molar-refractivity contribution in [2.24, 2.45) is 5.92 Å². The first-order chi connectivity index (χ1) is 15.2. The average molecular weight is 442 g/mol. The van der Waals surface area contributed by atoms with Crippen molar-refractivity contribution in [2.45, 2.75) is 130 Å². The van der Waals surface area contributed by atoms with E-state index in [-0.39, 0.29) is 12.6 Å². The third-order valence-corrected chi connectivity index (χ3v) is 6.19. The summed E-state index contributed by atoms with van der Waals surface area (Å²) >= 11 is 0. The summed E-state index contributed by atoms with van der Waals surface area (Å²) in [5.41, 5.74) is 0. The molecule has 0 aliphatic rings. The molecule has 0 aromatic carbocycles. The van der Waals surface area contributed by atoms with Crippen LogP contribution in [0, 0.1) is 5.92 Å². The molecule has 0 radical (unpaired) electrons. The fourth-order valence-electron chi connectivity index (χ4n) is 4.24. The van der Waals surface area contributed by atoms with E-state index < -0.39 is 0 Å². The molecule has 1 unspecified atom stereocenters. The zero-order chi connectivity index (χ0) is 23.0. The van der Waals surface area contributed by atoms with Crippen molar-refractivity contribution in [3.8, 4) is 0 Å². The number of carbonyl (C=O) groups excluding carboxylic acids is 1. The van der Waals surface area contributed by atoms with Crippen LogP contribution in [0.2, 0.25) is 0 Å². The number of esters is 1. The minimum absolute atomic E-state index is 0.0324. The maximum atomic E-state index is 12.3. The predicted molar refractivity (Wildman–Crippen MR) is 133 cm³/mol. The molecule has 0 aromatic rings.